The Bertz CT molecular complexity index is 745. The van der Waals surface area contributed by atoms with E-state index < -0.39 is 0 Å². The maximum atomic E-state index is 12.4. The normalized spacial score (nSPS) is 15.9. The molecule has 1 aliphatic rings. The number of nitrogens with one attached hydrogen (secondary N) is 1. The number of amides is 1. The number of rotatable bonds is 3. The van der Waals surface area contributed by atoms with Crippen LogP contribution in [-0.4, -0.2) is 21.7 Å². The minimum absolute atomic E-state index is 0.0129. The van der Waals surface area contributed by atoms with Crippen LogP contribution in [0.1, 0.15) is 37.8 Å². The van der Waals surface area contributed by atoms with Gasteiger partial charge in [0, 0.05) is 11.4 Å². The maximum Gasteiger partial charge on any atom is 0.275 e. The highest BCUT2D eigenvalue weighted by molar-refractivity contribution is 5.83. The van der Waals surface area contributed by atoms with E-state index in [1.54, 1.807) is 6.07 Å². The molecule has 22 heavy (non-hydrogen) atoms. The highest BCUT2D eigenvalue weighted by Gasteiger charge is 2.17. The van der Waals surface area contributed by atoms with Crippen LogP contribution in [0, 0.1) is 6.92 Å². The van der Waals surface area contributed by atoms with Crippen molar-refractivity contribution in [3.8, 4) is 0 Å². The molecule has 5 heteroatoms. The average Bonchev–Trinajstić information content (AvgIpc) is 2.53. The van der Waals surface area contributed by atoms with Gasteiger partial charge in [0.2, 0.25) is 5.91 Å². The average molecular weight is 299 g/mol. The molecule has 0 aliphatic heterocycles. The second-order valence-corrected chi connectivity index (χ2v) is 6.00. The van der Waals surface area contributed by atoms with Gasteiger partial charge in [0.1, 0.15) is 6.54 Å². The second kappa shape index (κ2) is 6.30. The summed E-state index contributed by atoms with van der Waals surface area (Å²) in [4.78, 5) is 24.6. The van der Waals surface area contributed by atoms with Gasteiger partial charge in [-0.3, -0.25) is 9.59 Å². The first-order chi connectivity index (χ1) is 10.6. The molecule has 1 heterocycles. The van der Waals surface area contributed by atoms with Crippen molar-refractivity contribution in [1.29, 1.82) is 0 Å². The van der Waals surface area contributed by atoms with Crippen molar-refractivity contribution in [3.05, 3.63) is 40.3 Å². The minimum Gasteiger partial charge on any atom is -0.352 e. The van der Waals surface area contributed by atoms with E-state index in [9.17, 15) is 9.59 Å². The van der Waals surface area contributed by atoms with Gasteiger partial charge in [0.05, 0.1) is 11.1 Å². The van der Waals surface area contributed by atoms with Gasteiger partial charge in [-0.2, -0.15) is 5.10 Å². The third kappa shape index (κ3) is 3.03. The minimum atomic E-state index is -0.208. The van der Waals surface area contributed by atoms with E-state index >= 15 is 0 Å². The number of aromatic nitrogens is 2. The Morgan fingerprint density at radius 1 is 1.23 bits per heavy atom. The third-order valence-electron chi connectivity index (χ3n) is 4.32. The van der Waals surface area contributed by atoms with Crippen LogP contribution in [0.25, 0.3) is 10.8 Å². The lowest BCUT2D eigenvalue weighted by Crippen LogP contribution is -2.40. The van der Waals surface area contributed by atoms with Crippen LogP contribution in [0.2, 0.25) is 0 Å². The molecule has 0 saturated heterocycles. The zero-order valence-corrected chi connectivity index (χ0v) is 12.8. The quantitative estimate of drug-likeness (QED) is 0.944. The molecular formula is C17H21N3O2. The number of carbonyl (C=O) groups excluding carboxylic acids is 1. The molecule has 1 aliphatic carbocycles. The van der Waals surface area contributed by atoms with Gasteiger partial charge in [-0.1, -0.05) is 37.5 Å². The number of fused-ring (bicyclic) bond motifs is 1. The largest absolute Gasteiger partial charge is 0.352 e. The van der Waals surface area contributed by atoms with Crippen molar-refractivity contribution >= 4 is 16.7 Å². The summed E-state index contributed by atoms with van der Waals surface area (Å²) < 4.78 is 1.27. The summed E-state index contributed by atoms with van der Waals surface area (Å²) in [6, 6.07) is 7.62. The van der Waals surface area contributed by atoms with E-state index in [-0.39, 0.29) is 24.1 Å². The third-order valence-corrected chi connectivity index (χ3v) is 4.32. The van der Waals surface area contributed by atoms with Crippen molar-refractivity contribution in [3.63, 3.8) is 0 Å². The first-order valence-corrected chi connectivity index (χ1v) is 7.91. The first kappa shape index (κ1) is 14.8. The van der Waals surface area contributed by atoms with Crippen LogP contribution >= 0.6 is 0 Å². The molecule has 5 nitrogen and oxygen atoms in total. The fourth-order valence-electron chi connectivity index (χ4n) is 3.17. The van der Waals surface area contributed by atoms with E-state index in [1.165, 1.54) is 11.1 Å². The summed E-state index contributed by atoms with van der Waals surface area (Å²) >= 11 is 0. The summed E-state index contributed by atoms with van der Waals surface area (Å²) in [5.74, 6) is -0.129. The highest BCUT2D eigenvalue weighted by Crippen LogP contribution is 2.17. The molecule has 116 valence electrons. The maximum absolute atomic E-state index is 12.4. The first-order valence-electron chi connectivity index (χ1n) is 7.91. The zero-order valence-electron chi connectivity index (χ0n) is 12.8. The van der Waals surface area contributed by atoms with E-state index in [0.717, 1.165) is 36.8 Å². The van der Waals surface area contributed by atoms with Crippen molar-refractivity contribution < 1.29 is 4.79 Å². The lowest BCUT2D eigenvalue weighted by molar-refractivity contribution is -0.122. The van der Waals surface area contributed by atoms with Gasteiger partial charge in [0.15, 0.2) is 0 Å². The lowest BCUT2D eigenvalue weighted by Gasteiger charge is -2.22. The number of hydrogen-bond donors (Lipinski definition) is 1. The number of aryl methyl sites for hydroxylation is 1. The van der Waals surface area contributed by atoms with Crippen molar-refractivity contribution in [2.75, 3.05) is 0 Å². The molecule has 1 saturated carbocycles. The lowest BCUT2D eigenvalue weighted by atomic mass is 9.95. The van der Waals surface area contributed by atoms with Crippen LogP contribution in [0.4, 0.5) is 0 Å². The van der Waals surface area contributed by atoms with Gasteiger partial charge < -0.3 is 5.32 Å². The second-order valence-electron chi connectivity index (χ2n) is 6.00. The Hall–Kier alpha value is -2.17. The molecule has 3 rings (SSSR count). The van der Waals surface area contributed by atoms with Gasteiger partial charge in [0.25, 0.3) is 5.56 Å². The Labute approximate surface area is 129 Å². The predicted molar refractivity (Wildman–Crippen MR) is 85.8 cm³/mol. The summed E-state index contributed by atoms with van der Waals surface area (Å²) in [7, 11) is 0. The van der Waals surface area contributed by atoms with E-state index in [4.69, 9.17) is 0 Å². The Morgan fingerprint density at radius 2 is 1.91 bits per heavy atom. The molecule has 1 aromatic heterocycles. The van der Waals surface area contributed by atoms with Crippen molar-refractivity contribution in [2.45, 2.75) is 51.6 Å². The predicted octanol–water partition coefficient (Wildman–Crippen LogP) is 2.15. The molecule has 0 bridgehead atoms. The summed E-state index contributed by atoms with van der Waals surface area (Å²) in [5, 5.41) is 8.76. The SMILES string of the molecule is Cc1nn(CC(=O)NC2CCCCC2)c(=O)c2ccccc12. The number of carbonyl (C=O) groups is 1. The molecular weight excluding hydrogens is 278 g/mol. The molecule has 1 N–H and O–H groups in total. The fourth-order valence-corrected chi connectivity index (χ4v) is 3.17. The summed E-state index contributed by atoms with van der Waals surface area (Å²) in [5.41, 5.74) is 0.556. The molecule has 1 fully saturated rings. The molecule has 0 atom stereocenters. The Kier molecular flexibility index (Phi) is 4.22. The Morgan fingerprint density at radius 3 is 2.64 bits per heavy atom. The summed E-state index contributed by atoms with van der Waals surface area (Å²) in [6.07, 6.45) is 5.64. The van der Waals surface area contributed by atoms with Crippen molar-refractivity contribution in [2.24, 2.45) is 0 Å². The van der Waals surface area contributed by atoms with E-state index in [0.29, 0.717) is 5.39 Å². The van der Waals surface area contributed by atoms with Gasteiger partial charge in [-0.25, -0.2) is 4.68 Å². The monoisotopic (exact) mass is 299 g/mol. The van der Waals surface area contributed by atoms with Crippen LogP contribution < -0.4 is 10.9 Å². The number of benzene rings is 1. The van der Waals surface area contributed by atoms with Crippen LogP contribution in [0.5, 0.6) is 0 Å². The molecule has 2 aromatic rings. The number of hydrogen-bond acceptors (Lipinski definition) is 3. The van der Waals surface area contributed by atoms with Crippen LogP contribution in [0.3, 0.4) is 0 Å². The summed E-state index contributed by atoms with van der Waals surface area (Å²) in [6.45, 7) is 1.85. The van der Waals surface area contributed by atoms with Crippen molar-refractivity contribution in [1.82, 2.24) is 15.1 Å². The molecule has 1 aromatic carbocycles. The van der Waals surface area contributed by atoms with Crippen LogP contribution in [-0.2, 0) is 11.3 Å². The van der Waals surface area contributed by atoms with Gasteiger partial charge >= 0.3 is 0 Å². The van der Waals surface area contributed by atoms with Gasteiger partial charge in [-0.05, 0) is 25.8 Å². The Balaban J connectivity index is 1.80. The highest BCUT2D eigenvalue weighted by atomic mass is 16.2. The smallest absolute Gasteiger partial charge is 0.275 e. The van der Waals surface area contributed by atoms with Crippen LogP contribution in [0.15, 0.2) is 29.1 Å². The zero-order chi connectivity index (χ0) is 15.5. The molecule has 1 amide bonds. The molecule has 0 radical (unpaired) electrons. The molecule has 0 spiro atoms. The topological polar surface area (TPSA) is 64.0 Å². The van der Waals surface area contributed by atoms with E-state index in [1.807, 2.05) is 25.1 Å². The van der Waals surface area contributed by atoms with E-state index in [2.05, 4.69) is 10.4 Å². The fraction of sp³-hybridized carbons (Fsp3) is 0.471. The van der Waals surface area contributed by atoms with Gasteiger partial charge in [-0.15, -0.1) is 0 Å². The standard InChI is InChI=1S/C17H21N3O2/c1-12-14-9-5-6-10-15(14)17(22)20(19-12)11-16(21)18-13-7-3-2-4-8-13/h5-6,9-10,13H,2-4,7-8,11H2,1H3,(H,18,21). The molecule has 0 unspecified atom stereocenters. The number of nitrogens with zero attached hydrogens (tertiary/aromatic N) is 2.